The number of halogens is 1. The van der Waals surface area contributed by atoms with E-state index in [1.807, 2.05) is 24.5 Å². The third kappa shape index (κ3) is 6.48. The molecule has 2 amide bonds. The minimum absolute atomic E-state index is 0.231. The zero-order valence-electron chi connectivity index (χ0n) is 15.3. The molecule has 0 saturated carbocycles. The number of rotatable bonds is 9. The molecular weight excluding hydrogens is 384 g/mol. The number of amides is 2. The number of carbonyl (C=O) groups is 2. The molecule has 0 heterocycles. The maximum absolute atomic E-state index is 12.6. The first-order valence-electron chi connectivity index (χ1n) is 8.50. The van der Waals surface area contributed by atoms with Gasteiger partial charge >= 0.3 is 0 Å². The van der Waals surface area contributed by atoms with Crippen molar-refractivity contribution in [3.05, 3.63) is 64.7 Å². The van der Waals surface area contributed by atoms with Crippen molar-refractivity contribution < 1.29 is 14.3 Å². The van der Waals surface area contributed by atoms with Crippen LogP contribution in [0.5, 0.6) is 5.75 Å². The Hall–Kier alpha value is -2.18. The number of methoxy groups -OCH3 is 1. The fourth-order valence-electron chi connectivity index (χ4n) is 2.44. The van der Waals surface area contributed by atoms with Crippen LogP contribution < -0.4 is 15.4 Å². The van der Waals surface area contributed by atoms with Gasteiger partial charge in [0.15, 0.2) is 0 Å². The lowest BCUT2D eigenvalue weighted by atomic mass is 10.1. The summed E-state index contributed by atoms with van der Waals surface area (Å²) in [5, 5.41) is 6.27. The number of ether oxygens (including phenoxy) is 1. The molecule has 0 spiro atoms. The largest absolute Gasteiger partial charge is 0.497 e. The van der Waals surface area contributed by atoms with Crippen LogP contribution in [0, 0.1) is 0 Å². The van der Waals surface area contributed by atoms with E-state index in [2.05, 4.69) is 10.6 Å². The molecule has 0 fully saturated rings. The molecule has 1 atom stereocenters. The fourth-order valence-corrected chi connectivity index (χ4v) is 3.11. The predicted molar refractivity (Wildman–Crippen MR) is 111 cm³/mol. The lowest BCUT2D eigenvalue weighted by Crippen LogP contribution is -2.46. The second-order valence-electron chi connectivity index (χ2n) is 5.85. The standard InChI is InChI=1S/C20H23ClN2O3S/c1-26-16-9-7-14(8-10-16)19(24)23-18(11-12-27-2)20(25)22-13-15-5-3-4-6-17(15)21/h3-10,18H,11-13H2,1-2H3,(H,22,25)(H,23,24)/t18-/m1/s1. The molecule has 144 valence electrons. The molecule has 0 aliphatic rings. The maximum Gasteiger partial charge on any atom is 0.251 e. The van der Waals surface area contributed by atoms with Gasteiger partial charge in [-0.3, -0.25) is 9.59 Å². The van der Waals surface area contributed by atoms with Gasteiger partial charge in [0.05, 0.1) is 7.11 Å². The van der Waals surface area contributed by atoms with E-state index in [0.29, 0.717) is 29.3 Å². The zero-order valence-corrected chi connectivity index (χ0v) is 16.9. The van der Waals surface area contributed by atoms with Crippen LogP contribution in [0.15, 0.2) is 48.5 Å². The lowest BCUT2D eigenvalue weighted by Gasteiger charge is -2.18. The fraction of sp³-hybridized carbons (Fsp3) is 0.300. The average molecular weight is 407 g/mol. The SMILES string of the molecule is COc1ccc(C(=O)N[C@H](CCSC)C(=O)NCc2ccccc2Cl)cc1. The van der Waals surface area contributed by atoms with Crippen molar-refractivity contribution >= 4 is 35.2 Å². The van der Waals surface area contributed by atoms with E-state index >= 15 is 0 Å². The van der Waals surface area contributed by atoms with E-state index < -0.39 is 6.04 Å². The lowest BCUT2D eigenvalue weighted by molar-refractivity contribution is -0.123. The summed E-state index contributed by atoms with van der Waals surface area (Å²) in [4.78, 5) is 25.1. The van der Waals surface area contributed by atoms with Crippen LogP contribution in [-0.2, 0) is 11.3 Å². The Morgan fingerprint density at radius 2 is 1.85 bits per heavy atom. The van der Waals surface area contributed by atoms with Crippen molar-refractivity contribution in [2.75, 3.05) is 19.1 Å². The molecule has 0 aliphatic carbocycles. The molecule has 27 heavy (non-hydrogen) atoms. The minimum Gasteiger partial charge on any atom is -0.497 e. The summed E-state index contributed by atoms with van der Waals surface area (Å²) in [7, 11) is 1.57. The second-order valence-corrected chi connectivity index (χ2v) is 7.24. The Balaban J connectivity index is 2.00. The molecule has 0 radical (unpaired) electrons. The average Bonchev–Trinajstić information content (AvgIpc) is 2.70. The summed E-state index contributed by atoms with van der Waals surface area (Å²) >= 11 is 7.75. The first-order valence-corrected chi connectivity index (χ1v) is 10.3. The van der Waals surface area contributed by atoms with E-state index in [0.717, 1.165) is 11.3 Å². The van der Waals surface area contributed by atoms with Crippen LogP contribution in [0.2, 0.25) is 5.02 Å². The Morgan fingerprint density at radius 3 is 2.48 bits per heavy atom. The molecule has 5 nitrogen and oxygen atoms in total. The summed E-state index contributed by atoms with van der Waals surface area (Å²) in [6.45, 7) is 0.312. The van der Waals surface area contributed by atoms with Crippen LogP contribution in [0.1, 0.15) is 22.3 Å². The van der Waals surface area contributed by atoms with Crippen molar-refractivity contribution in [1.82, 2.24) is 10.6 Å². The first-order chi connectivity index (χ1) is 13.0. The Morgan fingerprint density at radius 1 is 1.15 bits per heavy atom. The molecule has 2 aromatic rings. The van der Waals surface area contributed by atoms with Crippen molar-refractivity contribution in [2.45, 2.75) is 19.0 Å². The maximum atomic E-state index is 12.6. The van der Waals surface area contributed by atoms with Crippen LogP contribution in [0.3, 0.4) is 0 Å². The van der Waals surface area contributed by atoms with E-state index in [-0.39, 0.29) is 11.8 Å². The number of carbonyl (C=O) groups excluding carboxylic acids is 2. The van der Waals surface area contributed by atoms with E-state index in [4.69, 9.17) is 16.3 Å². The zero-order chi connectivity index (χ0) is 19.6. The molecule has 2 aromatic carbocycles. The van der Waals surface area contributed by atoms with Gasteiger partial charge in [0, 0.05) is 17.1 Å². The van der Waals surface area contributed by atoms with Gasteiger partial charge in [-0.2, -0.15) is 11.8 Å². The highest BCUT2D eigenvalue weighted by Crippen LogP contribution is 2.15. The van der Waals surface area contributed by atoms with Gasteiger partial charge in [0.1, 0.15) is 11.8 Å². The van der Waals surface area contributed by atoms with Gasteiger partial charge in [-0.15, -0.1) is 0 Å². The third-order valence-electron chi connectivity index (χ3n) is 4.00. The minimum atomic E-state index is -0.616. The molecule has 0 aliphatic heterocycles. The number of thioether (sulfide) groups is 1. The van der Waals surface area contributed by atoms with Crippen molar-refractivity contribution in [2.24, 2.45) is 0 Å². The summed E-state index contributed by atoms with van der Waals surface area (Å²) < 4.78 is 5.10. The molecule has 2 rings (SSSR count). The predicted octanol–water partition coefficient (Wildman–Crippen LogP) is 3.52. The number of benzene rings is 2. The Kier molecular flexibility index (Phi) is 8.48. The molecular formula is C20H23ClN2O3S. The number of hydrogen-bond acceptors (Lipinski definition) is 4. The summed E-state index contributed by atoms with van der Waals surface area (Å²) in [5.74, 6) is 0.901. The summed E-state index contributed by atoms with van der Waals surface area (Å²) in [6.07, 6.45) is 2.50. The highest BCUT2D eigenvalue weighted by molar-refractivity contribution is 7.98. The van der Waals surface area contributed by atoms with Gasteiger partial charge in [-0.25, -0.2) is 0 Å². The molecule has 0 saturated heterocycles. The van der Waals surface area contributed by atoms with E-state index in [9.17, 15) is 9.59 Å². The molecule has 0 unspecified atom stereocenters. The topological polar surface area (TPSA) is 67.4 Å². The highest BCUT2D eigenvalue weighted by Gasteiger charge is 2.21. The van der Waals surface area contributed by atoms with Crippen LogP contribution >= 0.6 is 23.4 Å². The Bertz CT molecular complexity index is 768. The van der Waals surface area contributed by atoms with Crippen LogP contribution in [0.25, 0.3) is 0 Å². The van der Waals surface area contributed by atoms with Gasteiger partial charge in [-0.05, 0) is 54.3 Å². The van der Waals surface area contributed by atoms with Gasteiger partial charge in [-0.1, -0.05) is 29.8 Å². The van der Waals surface area contributed by atoms with Gasteiger partial charge < -0.3 is 15.4 Å². The molecule has 0 bridgehead atoms. The first kappa shape index (κ1) is 21.1. The smallest absolute Gasteiger partial charge is 0.251 e. The van der Waals surface area contributed by atoms with Gasteiger partial charge in [0.25, 0.3) is 5.91 Å². The van der Waals surface area contributed by atoms with E-state index in [1.54, 1.807) is 49.2 Å². The molecule has 2 N–H and O–H groups in total. The summed E-state index contributed by atoms with van der Waals surface area (Å²) in [6, 6.07) is 13.5. The second kappa shape index (κ2) is 10.8. The van der Waals surface area contributed by atoms with Crippen LogP contribution in [0.4, 0.5) is 0 Å². The highest BCUT2D eigenvalue weighted by atomic mass is 35.5. The quantitative estimate of drug-likeness (QED) is 0.668. The molecule has 7 heteroatoms. The normalized spacial score (nSPS) is 11.5. The van der Waals surface area contributed by atoms with E-state index in [1.165, 1.54) is 0 Å². The number of hydrogen-bond donors (Lipinski definition) is 2. The summed E-state index contributed by atoms with van der Waals surface area (Å²) in [5.41, 5.74) is 1.31. The van der Waals surface area contributed by atoms with Gasteiger partial charge in [0.2, 0.25) is 5.91 Å². The Labute approximate surface area is 168 Å². The molecule has 0 aromatic heterocycles. The van der Waals surface area contributed by atoms with Crippen molar-refractivity contribution in [3.8, 4) is 5.75 Å². The monoisotopic (exact) mass is 406 g/mol. The van der Waals surface area contributed by atoms with Crippen molar-refractivity contribution in [3.63, 3.8) is 0 Å². The van der Waals surface area contributed by atoms with Crippen LogP contribution in [-0.4, -0.2) is 37.0 Å². The third-order valence-corrected chi connectivity index (χ3v) is 5.01. The number of nitrogens with one attached hydrogen (secondary N) is 2. The van der Waals surface area contributed by atoms with Crippen molar-refractivity contribution in [1.29, 1.82) is 0 Å².